The van der Waals surface area contributed by atoms with Crippen LogP contribution < -0.4 is 0 Å². The van der Waals surface area contributed by atoms with E-state index in [0.717, 1.165) is 17.1 Å². The summed E-state index contributed by atoms with van der Waals surface area (Å²) >= 11 is 0. The molecule has 2 rings (SSSR count). The number of nitrogens with zero attached hydrogens (tertiary/aromatic N) is 2. The van der Waals surface area contributed by atoms with Crippen LogP contribution in [0.2, 0.25) is 0 Å². The van der Waals surface area contributed by atoms with Gasteiger partial charge in [-0.2, -0.15) is 18.3 Å². The van der Waals surface area contributed by atoms with E-state index in [1.165, 1.54) is 6.07 Å². The number of aromatic nitrogens is 2. The van der Waals surface area contributed by atoms with Crippen LogP contribution in [0.5, 0.6) is 5.75 Å². The number of phenolic OH excluding ortho intramolecular Hbond substituents is 1. The molecule has 1 aromatic heterocycles. The summed E-state index contributed by atoms with van der Waals surface area (Å²) in [5.41, 5.74) is 0.0741. The fourth-order valence-corrected chi connectivity index (χ4v) is 1.46. The molecule has 1 N–H and O–H groups in total. The smallest absolute Gasteiger partial charge is 0.419 e. The van der Waals surface area contributed by atoms with Crippen LogP contribution in [0.3, 0.4) is 0 Å². The summed E-state index contributed by atoms with van der Waals surface area (Å²) < 4.78 is 38.3. The number of benzene rings is 1. The second kappa shape index (κ2) is 3.80. The molecule has 0 unspecified atom stereocenters. The number of halogens is 3. The molecule has 0 spiro atoms. The highest BCUT2D eigenvalue weighted by Gasteiger charge is 2.32. The lowest BCUT2D eigenvalue weighted by molar-refractivity contribution is -0.137. The second-order valence-corrected chi connectivity index (χ2v) is 3.59. The van der Waals surface area contributed by atoms with Gasteiger partial charge in [0.1, 0.15) is 5.75 Å². The third kappa shape index (κ3) is 2.11. The monoisotopic (exact) mass is 242 g/mol. The Morgan fingerprint density at radius 3 is 2.59 bits per heavy atom. The molecule has 0 saturated heterocycles. The van der Waals surface area contributed by atoms with Crippen molar-refractivity contribution in [3.05, 3.63) is 41.7 Å². The fourth-order valence-electron chi connectivity index (χ4n) is 1.46. The van der Waals surface area contributed by atoms with E-state index < -0.39 is 11.7 Å². The predicted octanol–water partition coefficient (Wildman–Crippen LogP) is 2.91. The summed E-state index contributed by atoms with van der Waals surface area (Å²) in [4.78, 5) is 0. The van der Waals surface area contributed by atoms with E-state index in [2.05, 4.69) is 5.10 Å². The first kappa shape index (κ1) is 11.5. The fraction of sp³-hybridized carbons (Fsp3) is 0.182. The molecule has 0 radical (unpaired) electrons. The van der Waals surface area contributed by atoms with E-state index >= 15 is 0 Å². The average Bonchev–Trinajstić information content (AvgIpc) is 2.70. The number of hydrogen-bond donors (Lipinski definition) is 1. The first-order chi connectivity index (χ1) is 7.89. The van der Waals surface area contributed by atoms with Gasteiger partial charge in [-0.05, 0) is 19.1 Å². The zero-order chi connectivity index (χ0) is 12.6. The van der Waals surface area contributed by atoms with Gasteiger partial charge in [-0.1, -0.05) is 6.07 Å². The SMILES string of the molecule is Cc1c(O)cccc1-n1cc(C(F)(F)F)cn1. The summed E-state index contributed by atoms with van der Waals surface area (Å²) in [7, 11) is 0. The lowest BCUT2D eigenvalue weighted by Gasteiger charge is -2.07. The summed E-state index contributed by atoms with van der Waals surface area (Å²) in [5, 5.41) is 13.1. The number of aromatic hydroxyl groups is 1. The van der Waals surface area contributed by atoms with Crippen molar-refractivity contribution >= 4 is 0 Å². The van der Waals surface area contributed by atoms with Crippen LogP contribution in [0.1, 0.15) is 11.1 Å². The lowest BCUT2D eigenvalue weighted by atomic mass is 10.2. The van der Waals surface area contributed by atoms with Crippen molar-refractivity contribution in [3.63, 3.8) is 0 Å². The van der Waals surface area contributed by atoms with E-state index in [4.69, 9.17) is 0 Å². The molecule has 0 saturated carbocycles. The molecule has 0 bridgehead atoms. The molecule has 17 heavy (non-hydrogen) atoms. The van der Waals surface area contributed by atoms with Gasteiger partial charge in [-0.25, -0.2) is 4.68 Å². The van der Waals surface area contributed by atoms with Crippen molar-refractivity contribution in [2.75, 3.05) is 0 Å². The topological polar surface area (TPSA) is 38.0 Å². The highest BCUT2D eigenvalue weighted by Crippen LogP contribution is 2.30. The van der Waals surface area contributed by atoms with Gasteiger partial charge in [-0.15, -0.1) is 0 Å². The van der Waals surface area contributed by atoms with E-state index in [9.17, 15) is 18.3 Å². The van der Waals surface area contributed by atoms with E-state index in [0.29, 0.717) is 11.3 Å². The van der Waals surface area contributed by atoms with Crippen LogP contribution in [0.15, 0.2) is 30.6 Å². The predicted molar refractivity (Wildman–Crippen MR) is 55.0 cm³/mol. The van der Waals surface area contributed by atoms with Gasteiger partial charge in [0.25, 0.3) is 0 Å². The van der Waals surface area contributed by atoms with E-state index in [1.54, 1.807) is 19.1 Å². The van der Waals surface area contributed by atoms with Gasteiger partial charge in [0.05, 0.1) is 17.4 Å². The Bertz CT molecular complexity index is 546. The summed E-state index contributed by atoms with van der Waals surface area (Å²) in [6.07, 6.45) is -2.77. The largest absolute Gasteiger partial charge is 0.508 e. The molecule has 1 aromatic carbocycles. The standard InChI is InChI=1S/C11H9F3N2O/c1-7-9(3-2-4-10(7)17)16-6-8(5-15-16)11(12,13)14/h2-6,17H,1H3. The third-order valence-corrected chi connectivity index (χ3v) is 2.43. The maximum absolute atomic E-state index is 12.4. The van der Waals surface area contributed by atoms with Gasteiger partial charge < -0.3 is 5.11 Å². The Hall–Kier alpha value is -1.98. The number of rotatable bonds is 1. The molecule has 90 valence electrons. The normalized spacial score (nSPS) is 11.8. The van der Waals surface area contributed by atoms with Gasteiger partial charge in [-0.3, -0.25) is 0 Å². The molecule has 0 fully saturated rings. The van der Waals surface area contributed by atoms with Crippen LogP contribution in [-0.4, -0.2) is 14.9 Å². The Kier molecular flexibility index (Phi) is 2.57. The molecule has 3 nitrogen and oxygen atoms in total. The van der Waals surface area contributed by atoms with Crippen LogP contribution in [-0.2, 0) is 6.18 Å². The number of phenols is 1. The molecule has 2 aromatic rings. The first-order valence-corrected chi connectivity index (χ1v) is 4.80. The molecule has 0 aliphatic heterocycles. The summed E-state index contributed by atoms with van der Waals surface area (Å²) in [6, 6.07) is 4.60. The van der Waals surface area contributed by atoms with Crippen molar-refractivity contribution in [1.29, 1.82) is 0 Å². The third-order valence-electron chi connectivity index (χ3n) is 2.43. The maximum atomic E-state index is 12.4. The molecule has 0 aliphatic carbocycles. The van der Waals surface area contributed by atoms with Crippen molar-refractivity contribution in [1.82, 2.24) is 9.78 Å². The molecule has 0 atom stereocenters. The minimum Gasteiger partial charge on any atom is -0.508 e. The molecule has 1 heterocycles. The molecular formula is C11H9F3N2O. The molecule has 6 heteroatoms. The van der Waals surface area contributed by atoms with Crippen LogP contribution in [0.25, 0.3) is 5.69 Å². The van der Waals surface area contributed by atoms with Gasteiger partial charge >= 0.3 is 6.18 Å². The van der Waals surface area contributed by atoms with Crippen molar-refractivity contribution < 1.29 is 18.3 Å². The van der Waals surface area contributed by atoms with Gasteiger partial charge in [0.15, 0.2) is 0 Å². The second-order valence-electron chi connectivity index (χ2n) is 3.59. The highest BCUT2D eigenvalue weighted by molar-refractivity contribution is 5.47. The average molecular weight is 242 g/mol. The lowest BCUT2D eigenvalue weighted by Crippen LogP contribution is -2.03. The summed E-state index contributed by atoms with van der Waals surface area (Å²) in [5.74, 6) is 0.0200. The maximum Gasteiger partial charge on any atom is 0.419 e. The van der Waals surface area contributed by atoms with Gasteiger partial charge in [0.2, 0.25) is 0 Å². The molecule has 0 amide bonds. The molecular weight excluding hydrogens is 233 g/mol. The van der Waals surface area contributed by atoms with Crippen molar-refractivity contribution in [3.8, 4) is 11.4 Å². The van der Waals surface area contributed by atoms with Crippen molar-refractivity contribution in [2.45, 2.75) is 13.1 Å². The van der Waals surface area contributed by atoms with E-state index in [-0.39, 0.29) is 5.75 Å². The first-order valence-electron chi connectivity index (χ1n) is 4.80. The number of hydrogen-bond acceptors (Lipinski definition) is 2. The number of alkyl halides is 3. The Labute approximate surface area is 95.1 Å². The quantitative estimate of drug-likeness (QED) is 0.834. The Morgan fingerprint density at radius 1 is 1.29 bits per heavy atom. The van der Waals surface area contributed by atoms with Crippen LogP contribution in [0, 0.1) is 6.92 Å². The van der Waals surface area contributed by atoms with Crippen molar-refractivity contribution in [2.24, 2.45) is 0 Å². The minimum atomic E-state index is -4.41. The Morgan fingerprint density at radius 2 is 2.00 bits per heavy atom. The zero-order valence-electron chi connectivity index (χ0n) is 8.86. The van der Waals surface area contributed by atoms with Crippen LogP contribution >= 0.6 is 0 Å². The molecule has 0 aliphatic rings. The zero-order valence-corrected chi connectivity index (χ0v) is 8.86. The highest BCUT2D eigenvalue weighted by atomic mass is 19.4. The van der Waals surface area contributed by atoms with Crippen LogP contribution in [0.4, 0.5) is 13.2 Å². The summed E-state index contributed by atoms with van der Waals surface area (Å²) in [6.45, 7) is 1.61. The minimum absolute atomic E-state index is 0.0200. The van der Waals surface area contributed by atoms with Gasteiger partial charge in [0, 0.05) is 11.8 Å². The Balaban J connectivity index is 2.48. The van der Waals surface area contributed by atoms with E-state index in [1.807, 2.05) is 0 Å².